The van der Waals surface area contributed by atoms with Crippen molar-refractivity contribution in [2.75, 3.05) is 45.2 Å². The first-order valence-electron chi connectivity index (χ1n) is 11.6. The zero-order valence-electron chi connectivity index (χ0n) is 18.8. The van der Waals surface area contributed by atoms with Crippen LogP contribution in [0.25, 0.3) is 16.7 Å². The van der Waals surface area contributed by atoms with Gasteiger partial charge in [0.25, 0.3) is 0 Å². The molecule has 1 N–H and O–H groups in total. The number of aromatic amines is 1. The second kappa shape index (κ2) is 7.86. The van der Waals surface area contributed by atoms with Gasteiger partial charge in [-0.05, 0) is 45.5 Å². The van der Waals surface area contributed by atoms with Gasteiger partial charge in [-0.1, -0.05) is 6.07 Å². The average molecular weight is 431 g/mol. The molecule has 0 unspecified atom stereocenters. The van der Waals surface area contributed by atoms with Crippen LogP contribution in [0.4, 0.5) is 5.69 Å². The third-order valence-electron chi connectivity index (χ3n) is 7.26. The van der Waals surface area contributed by atoms with Crippen molar-refractivity contribution in [2.45, 2.75) is 31.3 Å². The van der Waals surface area contributed by atoms with E-state index in [1.165, 1.54) is 5.69 Å². The Balaban J connectivity index is 1.33. The smallest absolute Gasteiger partial charge is 0.160 e. The van der Waals surface area contributed by atoms with E-state index in [-0.39, 0.29) is 12.1 Å². The Kier molecular flexibility index (Phi) is 4.84. The molecule has 0 amide bonds. The number of rotatable bonds is 3. The summed E-state index contributed by atoms with van der Waals surface area (Å²) in [6.07, 6.45) is 11.0. The molecule has 1 aromatic carbocycles. The quantitative estimate of drug-likeness (QED) is 0.538. The predicted octanol–water partition coefficient (Wildman–Crippen LogP) is 3.26. The van der Waals surface area contributed by atoms with Crippen LogP contribution in [-0.4, -0.2) is 74.4 Å². The fourth-order valence-electron chi connectivity index (χ4n) is 5.39. The van der Waals surface area contributed by atoms with Gasteiger partial charge in [-0.25, -0.2) is 9.97 Å². The van der Waals surface area contributed by atoms with Crippen LogP contribution >= 0.6 is 0 Å². The number of likely N-dealkylation sites (N-methyl/N-ethyl adjacent to an activating group) is 1. The highest BCUT2D eigenvalue weighted by atomic mass is 15.3. The molecule has 0 aliphatic carbocycles. The molecular weight excluding hydrogens is 400 g/mol. The number of aromatic nitrogens is 5. The van der Waals surface area contributed by atoms with E-state index in [0.29, 0.717) is 0 Å². The number of H-pyrrole nitrogens is 1. The molecule has 0 saturated carbocycles. The number of hydrogen-bond donors (Lipinski definition) is 1. The molecule has 166 valence electrons. The minimum atomic E-state index is 0.227. The van der Waals surface area contributed by atoms with E-state index < -0.39 is 0 Å². The number of benzene rings is 1. The van der Waals surface area contributed by atoms with Crippen molar-refractivity contribution in [1.82, 2.24) is 34.1 Å². The van der Waals surface area contributed by atoms with Crippen molar-refractivity contribution in [1.29, 1.82) is 0 Å². The second-order valence-electron chi connectivity index (χ2n) is 9.18. The summed E-state index contributed by atoms with van der Waals surface area (Å²) < 4.78 is 2.06. The van der Waals surface area contributed by atoms with Gasteiger partial charge in [0.05, 0.1) is 23.3 Å². The lowest BCUT2D eigenvalue weighted by molar-refractivity contribution is 0.108. The summed E-state index contributed by atoms with van der Waals surface area (Å²) in [6.45, 7) is 4.27. The van der Waals surface area contributed by atoms with Gasteiger partial charge in [0, 0.05) is 51.0 Å². The van der Waals surface area contributed by atoms with Crippen LogP contribution in [0.3, 0.4) is 0 Å². The molecule has 2 saturated heterocycles. The number of nitrogens with one attached hydrogen (secondary N) is 1. The van der Waals surface area contributed by atoms with E-state index in [1.54, 1.807) is 0 Å². The zero-order valence-corrected chi connectivity index (χ0v) is 18.8. The topological polar surface area (TPSA) is 68.6 Å². The maximum atomic E-state index is 5.17. The summed E-state index contributed by atoms with van der Waals surface area (Å²) in [7, 11) is 4.40. The van der Waals surface area contributed by atoms with E-state index in [4.69, 9.17) is 9.97 Å². The van der Waals surface area contributed by atoms with Crippen molar-refractivity contribution in [2.24, 2.45) is 0 Å². The van der Waals surface area contributed by atoms with Gasteiger partial charge < -0.3 is 19.2 Å². The molecule has 2 aliphatic rings. The molecule has 2 fully saturated rings. The minimum Gasteiger partial charge on any atom is -0.367 e. The maximum Gasteiger partial charge on any atom is 0.160 e. The Morgan fingerprint density at radius 3 is 2.56 bits per heavy atom. The van der Waals surface area contributed by atoms with Crippen LogP contribution in [0.15, 0.2) is 43.0 Å². The standard InChI is InChI=1S/C24H30N8/c1-29-13-15-31(16-14-29)19-7-3-5-17-21(19)28-23(27-17)20-8-4-6-18(30(20)2)22-24-26-10-12-32(24)11-9-25-22/h3,5,7,9-12,18,20H,4,6,8,13-16H2,1-2H3,(H,27,28)/t18-,20+/m0/s1. The normalized spacial score (nSPS) is 23.4. The Morgan fingerprint density at radius 2 is 1.72 bits per heavy atom. The fourth-order valence-corrected chi connectivity index (χ4v) is 5.39. The molecule has 0 spiro atoms. The van der Waals surface area contributed by atoms with E-state index in [0.717, 1.165) is 73.6 Å². The summed E-state index contributed by atoms with van der Waals surface area (Å²) >= 11 is 0. The lowest BCUT2D eigenvalue weighted by atomic mass is 9.93. The summed E-state index contributed by atoms with van der Waals surface area (Å²) in [5.41, 5.74) is 5.47. The highest BCUT2D eigenvalue weighted by Gasteiger charge is 2.34. The van der Waals surface area contributed by atoms with Crippen LogP contribution in [0, 0.1) is 0 Å². The van der Waals surface area contributed by atoms with Gasteiger partial charge in [-0.2, -0.15) is 0 Å². The summed E-state index contributed by atoms with van der Waals surface area (Å²) in [6, 6.07) is 6.98. The number of nitrogens with zero attached hydrogens (tertiary/aromatic N) is 7. The monoisotopic (exact) mass is 430 g/mol. The lowest BCUT2D eigenvalue weighted by Gasteiger charge is -2.38. The van der Waals surface area contributed by atoms with Crippen molar-refractivity contribution in [3.8, 4) is 0 Å². The summed E-state index contributed by atoms with van der Waals surface area (Å²) in [5.74, 6) is 1.06. The van der Waals surface area contributed by atoms with Crippen LogP contribution in [0.5, 0.6) is 0 Å². The van der Waals surface area contributed by atoms with Gasteiger partial charge in [0.1, 0.15) is 17.0 Å². The molecule has 8 heteroatoms. The van der Waals surface area contributed by atoms with E-state index in [9.17, 15) is 0 Å². The highest BCUT2D eigenvalue weighted by molar-refractivity contribution is 5.89. The number of likely N-dealkylation sites (tertiary alicyclic amines) is 1. The summed E-state index contributed by atoms with van der Waals surface area (Å²) in [4.78, 5) is 25.4. The molecule has 3 aromatic heterocycles. The molecule has 4 aromatic rings. The number of hydrogen-bond acceptors (Lipinski definition) is 6. The molecule has 2 atom stereocenters. The van der Waals surface area contributed by atoms with Crippen molar-refractivity contribution in [3.63, 3.8) is 0 Å². The SMILES string of the molecule is CN1CCN(c2cccc3[nH]c([C@H]4CCC[C@@H](c5nccn6ccnc56)N4C)nc23)CC1. The lowest BCUT2D eigenvalue weighted by Crippen LogP contribution is -2.44. The molecule has 6 rings (SSSR count). The largest absolute Gasteiger partial charge is 0.367 e. The molecule has 8 nitrogen and oxygen atoms in total. The number of fused-ring (bicyclic) bond motifs is 2. The highest BCUT2D eigenvalue weighted by Crippen LogP contribution is 2.40. The third kappa shape index (κ3) is 3.25. The molecule has 0 radical (unpaired) electrons. The molecule has 2 aliphatic heterocycles. The molecule has 32 heavy (non-hydrogen) atoms. The number of imidazole rings is 2. The molecular formula is C24H30N8. The Morgan fingerprint density at radius 1 is 0.938 bits per heavy atom. The summed E-state index contributed by atoms with van der Waals surface area (Å²) in [5, 5.41) is 0. The Bertz CT molecular complexity index is 1240. The third-order valence-corrected chi connectivity index (χ3v) is 7.26. The van der Waals surface area contributed by atoms with Crippen molar-refractivity contribution < 1.29 is 0 Å². The van der Waals surface area contributed by atoms with Gasteiger partial charge >= 0.3 is 0 Å². The molecule has 0 bridgehead atoms. The zero-order chi connectivity index (χ0) is 21.7. The van der Waals surface area contributed by atoms with Crippen LogP contribution < -0.4 is 4.90 Å². The van der Waals surface area contributed by atoms with Gasteiger partial charge in [-0.3, -0.25) is 9.88 Å². The number of piperazine rings is 1. The fraction of sp³-hybridized carbons (Fsp3) is 0.458. The molecule has 5 heterocycles. The van der Waals surface area contributed by atoms with E-state index in [1.807, 2.05) is 24.8 Å². The van der Waals surface area contributed by atoms with Gasteiger partial charge in [0.2, 0.25) is 0 Å². The van der Waals surface area contributed by atoms with Crippen LogP contribution in [0.1, 0.15) is 42.9 Å². The average Bonchev–Trinajstić information content (AvgIpc) is 3.47. The van der Waals surface area contributed by atoms with E-state index >= 15 is 0 Å². The first-order chi connectivity index (χ1) is 15.7. The van der Waals surface area contributed by atoms with Gasteiger partial charge in [-0.15, -0.1) is 0 Å². The maximum absolute atomic E-state index is 5.17. The van der Waals surface area contributed by atoms with Crippen LogP contribution in [-0.2, 0) is 0 Å². The minimum absolute atomic E-state index is 0.227. The van der Waals surface area contributed by atoms with Crippen molar-refractivity contribution >= 4 is 22.4 Å². The first kappa shape index (κ1) is 19.7. The second-order valence-corrected chi connectivity index (χ2v) is 9.18. The number of anilines is 1. The van der Waals surface area contributed by atoms with Crippen molar-refractivity contribution in [3.05, 3.63) is 54.5 Å². The van der Waals surface area contributed by atoms with Gasteiger partial charge in [0.15, 0.2) is 5.65 Å². The number of para-hydroxylation sites is 1. The predicted molar refractivity (Wildman–Crippen MR) is 126 cm³/mol. The Labute approximate surface area is 187 Å². The Hall–Kier alpha value is -2.97. The van der Waals surface area contributed by atoms with E-state index in [2.05, 4.69) is 61.4 Å². The van der Waals surface area contributed by atoms with Crippen LogP contribution in [0.2, 0.25) is 0 Å². The first-order valence-corrected chi connectivity index (χ1v) is 11.6. The number of piperidine rings is 1.